The molecule has 1 N–H and O–H groups in total. The number of fused-ring (bicyclic) bond motifs is 9. The monoisotopic (exact) mass is 600 g/mol. The van der Waals surface area contributed by atoms with Gasteiger partial charge in [-0.1, -0.05) is 65.4 Å². The van der Waals surface area contributed by atoms with E-state index in [0.29, 0.717) is 17.3 Å². The summed E-state index contributed by atoms with van der Waals surface area (Å²) in [4.78, 5) is 45.5. The van der Waals surface area contributed by atoms with Crippen LogP contribution in [0.2, 0.25) is 5.02 Å². The number of imide groups is 1. The standard InChI is InChI=1S/C32H25ClN2O4S2/c33-18-10-6-16(7-11-18)15-39-20-12-8-17(9-13-20)23-24-21-14-22(27(24)40-29-28(23)41-32(38)34-29)26-25(21)30(36)35(31(26)37)19-4-2-1-3-5-19/h1-13,21-27H,14-15H2,(H,34,38)/t21?,22?,23-,24?,25?,26?,27?/m1/s1. The van der Waals surface area contributed by atoms with Crippen LogP contribution in [0.1, 0.15) is 28.3 Å². The zero-order valence-electron chi connectivity index (χ0n) is 21.7. The number of thiazole rings is 1. The fraction of sp³-hybridized carbons (Fsp3) is 0.281. The number of anilines is 1. The van der Waals surface area contributed by atoms with Gasteiger partial charge in [-0.3, -0.25) is 19.3 Å². The Hall–Kier alpha value is -3.33. The molecule has 4 aliphatic rings. The minimum atomic E-state index is -0.309. The average Bonchev–Trinajstić information content (AvgIpc) is 3.72. The molecule has 9 heteroatoms. The molecule has 3 aromatic carbocycles. The number of amides is 2. The molecule has 206 valence electrons. The first kappa shape index (κ1) is 25.4. The van der Waals surface area contributed by atoms with Gasteiger partial charge >= 0.3 is 4.87 Å². The van der Waals surface area contributed by atoms with Crippen molar-refractivity contribution in [3.8, 4) is 5.75 Å². The van der Waals surface area contributed by atoms with Crippen LogP contribution in [-0.4, -0.2) is 22.0 Å². The Labute approximate surface area is 249 Å². The molecule has 0 spiro atoms. The second kappa shape index (κ2) is 9.61. The number of carbonyl (C=O) groups is 2. The van der Waals surface area contributed by atoms with Gasteiger partial charge in [0.05, 0.1) is 22.5 Å². The van der Waals surface area contributed by atoms with Gasteiger partial charge < -0.3 is 9.72 Å². The van der Waals surface area contributed by atoms with Gasteiger partial charge in [-0.15, -0.1) is 11.8 Å². The predicted molar refractivity (Wildman–Crippen MR) is 160 cm³/mol. The summed E-state index contributed by atoms with van der Waals surface area (Å²) in [5.74, 6) is 0.356. The molecule has 41 heavy (non-hydrogen) atoms. The largest absolute Gasteiger partial charge is 0.489 e. The van der Waals surface area contributed by atoms with E-state index in [1.54, 1.807) is 11.8 Å². The second-order valence-corrected chi connectivity index (χ2v) is 13.9. The number of para-hydroxylation sites is 1. The van der Waals surface area contributed by atoms with Crippen LogP contribution in [0.25, 0.3) is 0 Å². The van der Waals surface area contributed by atoms with Crippen LogP contribution in [-0.2, 0) is 16.2 Å². The third-order valence-corrected chi connectivity index (χ3v) is 12.1. The average molecular weight is 601 g/mol. The molecule has 2 bridgehead atoms. The van der Waals surface area contributed by atoms with Gasteiger partial charge in [0, 0.05) is 21.1 Å². The van der Waals surface area contributed by atoms with E-state index >= 15 is 0 Å². The molecule has 1 aromatic heterocycles. The molecule has 3 fully saturated rings. The zero-order chi connectivity index (χ0) is 27.8. The number of benzene rings is 3. The van der Waals surface area contributed by atoms with Gasteiger partial charge in [0.25, 0.3) is 0 Å². The number of nitrogens with zero attached hydrogens (tertiary/aromatic N) is 1. The van der Waals surface area contributed by atoms with Crippen molar-refractivity contribution in [3.05, 3.63) is 110 Å². The molecule has 6 unspecified atom stereocenters. The van der Waals surface area contributed by atoms with Gasteiger partial charge in [-0.2, -0.15) is 0 Å². The first-order chi connectivity index (χ1) is 20.0. The summed E-state index contributed by atoms with van der Waals surface area (Å²) in [6, 6.07) is 25.0. The number of ether oxygens (including phenoxy) is 1. The quantitative estimate of drug-likeness (QED) is 0.270. The summed E-state index contributed by atoms with van der Waals surface area (Å²) in [7, 11) is 0. The lowest BCUT2D eigenvalue weighted by molar-refractivity contribution is -0.123. The van der Waals surface area contributed by atoms with E-state index in [-0.39, 0.29) is 57.4 Å². The number of hydrogen-bond donors (Lipinski definition) is 1. The Morgan fingerprint density at radius 2 is 1.59 bits per heavy atom. The van der Waals surface area contributed by atoms with E-state index in [4.69, 9.17) is 16.3 Å². The minimum Gasteiger partial charge on any atom is -0.489 e. The molecule has 1 saturated heterocycles. The first-order valence-corrected chi connectivity index (χ1v) is 15.8. The van der Waals surface area contributed by atoms with Gasteiger partial charge in [0.15, 0.2) is 0 Å². The number of halogens is 1. The Morgan fingerprint density at radius 1 is 0.878 bits per heavy atom. The number of hydrogen-bond acceptors (Lipinski definition) is 6. The smallest absolute Gasteiger partial charge is 0.305 e. The van der Waals surface area contributed by atoms with E-state index in [1.165, 1.54) is 16.2 Å². The highest BCUT2D eigenvalue weighted by molar-refractivity contribution is 8.00. The molecular formula is C32H25ClN2O4S2. The maximum atomic E-state index is 13.8. The molecule has 2 aliphatic carbocycles. The second-order valence-electron chi connectivity index (χ2n) is 11.3. The lowest BCUT2D eigenvalue weighted by atomic mass is 9.68. The van der Waals surface area contributed by atoms with E-state index in [2.05, 4.69) is 17.1 Å². The van der Waals surface area contributed by atoms with Crippen LogP contribution in [0.3, 0.4) is 0 Å². The van der Waals surface area contributed by atoms with Gasteiger partial charge in [0.1, 0.15) is 12.4 Å². The Morgan fingerprint density at radius 3 is 2.32 bits per heavy atom. The van der Waals surface area contributed by atoms with Crippen LogP contribution in [0, 0.1) is 29.6 Å². The molecular weight excluding hydrogens is 576 g/mol. The number of aromatic nitrogens is 1. The molecule has 7 atom stereocenters. The van der Waals surface area contributed by atoms with E-state index in [0.717, 1.165) is 33.2 Å². The normalized spacial score (nSPS) is 29.4. The van der Waals surface area contributed by atoms with Crippen molar-refractivity contribution in [2.24, 2.45) is 29.6 Å². The van der Waals surface area contributed by atoms with Crippen LogP contribution < -0.4 is 14.5 Å². The summed E-state index contributed by atoms with van der Waals surface area (Å²) in [5.41, 5.74) is 2.79. The topological polar surface area (TPSA) is 79.5 Å². The number of nitrogens with one attached hydrogen (secondary N) is 1. The van der Waals surface area contributed by atoms with Crippen molar-refractivity contribution in [2.75, 3.05) is 4.90 Å². The number of rotatable bonds is 5. The zero-order valence-corrected chi connectivity index (χ0v) is 24.1. The van der Waals surface area contributed by atoms with Gasteiger partial charge in [0.2, 0.25) is 11.8 Å². The number of thioether (sulfide) groups is 1. The maximum Gasteiger partial charge on any atom is 0.305 e. The Bertz CT molecular complexity index is 1720. The summed E-state index contributed by atoms with van der Waals surface area (Å²) in [5, 5.41) is 1.77. The number of carbonyl (C=O) groups excluding carboxylic acids is 2. The van der Waals surface area contributed by atoms with Crippen LogP contribution in [0.15, 0.2) is 88.7 Å². The van der Waals surface area contributed by atoms with Gasteiger partial charge in [-0.05, 0) is 71.7 Å². The highest BCUT2D eigenvalue weighted by atomic mass is 35.5. The molecule has 2 aliphatic heterocycles. The van der Waals surface area contributed by atoms with Crippen LogP contribution in [0.4, 0.5) is 5.69 Å². The molecule has 3 heterocycles. The molecule has 2 amide bonds. The van der Waals surface area contributed by atoms with Crippen molar-refractivity contribution in [3.63, 3.8) is 0 Å². The van der Waals surface area contributed by atoms with Crippen molar-refractivity contribution < 1.29 is 14.3 Å². The summed E-state index contributed by atoms with van der Waals surface area (Å²) >= 11 is 8.98. The Kier molecular flexibility index (Phi) is 5.95. The van der Waals surface area contributed by atoms with Gasteiger partial charge in [-0.25, -0.2) is 0 Å². The summed E-state index contributed by atoms with van der Waals surface area (Å²) in [6.45, 7) is 0.436. The highest BCUT2D eigenvalue weighted by Gasteiger charge is 2.69. The molecule has 2 saturated carbocycles. The highest BCUT2D eigenvalue weighted by Crippen LogP contribution is 2.68. The van der Waals surface area contributed by atoms with Crippen molar-refractivity contribution in [1.82, 2.24) is 4.98 Å². The fourth-order valence-electron chi connectivity index (χ4n) is 7.74. The minimum absolute atomic E-state index is 0.0184. The maximum absolute atomic E-state index is 13.8. The predicted octanol–water partition coefficient (Wildman–Crippen LogP) is 6.35. The van der Waals surface area contributed by atoms with Crippen molar-refractivity contribution >= 4 is 52.2 Å². The molecule has 0 radical (unpaired) electrons. The summed E-state index contributed by atoms with van der Waals surface area (Å²) in [6.07, 6.45) is 0.871. The van der Waals surface area contributed by atoms with E-state index in [9.17, 15) is 14.4 Å². The van der Waals surface area contributed by atoms with Crippen molar-refractivity contribution in [2.45, 2.75) is 29.2 Å². The molecule has 4 aromatic rings. The lowest BCUT2D eigenvalue weighted by Gasteiger charge is -2.43. The van der Waals surface area contributed by atoms with E-state index in [1.807, 2.05) is 66.7 Å². The van der Waals surface area contributed by atoms with Crippen molar-refractivity contribution in [1.29, 1.82) is 0 Å². The third-order valence-electron chi connectivity index (χ3n) is 9.30. The fourth-order valence-corrected chi connectivity index (χ4v) is 10.8. The molecule has 6 nitrogen and oxygen atoms in total. The Balaban J connectivity index is 1.12. The van der Waals surface area contributed by atoms with Crippen LogP contribution in [0.5, 0.6) is 5.75 Å². The molecule has 8 rings (SSSR count). The lowest BCUT2D eigenvalue weighted by Crippen LogP contribution is -2.42. The first-order valence-electron chi connectivity index (χ1n) is 13.8. The third kappa shape index (κ3) is 3.95. The SMILES string of the molecule is O=C1C2C3CC(C2C(=O)N1c1ccccc1)C1C3Sc2[nH]c(=O)sc2[C@@H]1c1ccc(OCc2ccc(Cl)cc2)cc1. The van der Waals surface area contributed by atoms with Crippen LogP contribution >= 0.6 is 34.7 Å². The van der Waals surface area contributed by atoms with E-state index < -0.39 is 0 Å². The summed E-state index contributed by atoms with van der Waals surface area (Å²) < 4.78 is 6.03. The number of aromatic amines is 1. The number of H-pyrrole nitrogens is 1.